The molecular weight excluding hydrogens is 441 g/mol. The first kappa shape index (κ1) is 24.1. The van der Waals surface area contributed by atoms with E-state index in [1.807, 2.05) is 49.7 Å². The van der Waals surface area contributed by atoms with Crippen molar-refractivity contribution < 1.29 is 13.9 Å². The van der Waals surface area contributed by atoms with E-state index in [0.29, 0.717) is 16.9 Å². The highest BCUT2D eigenvalue weighted by atomic mass is 35.5. The van der Waals surface area contributed by atoms with E-state index in [2.05, 4.69) is 5.32 Å². The highest BCUT2D eigenvalue weighted by molar-refractivity contribution is 7.57. The lowest BCUT2D eigenvalue weighted by Gasteiger charge is -2.18. The van der Waals surface area contributed by atoms with Crippen LogP contribution >= 0.6 is 30.5 Å². The number of hydrogen-bond donors (Lipinski definition) is 3. The van der Waals surface area contributed by atoms with Gasteiger partial charge in [0.2, 0.25) is 0 Å². The molecule has 9 heteroatoms. The van der Waals surface area contributed by atoms with Gasteiger partial charge < -0.3 is 20.4 Å². The molecule has 0 saturated carbocycles. The Hall–Kier alpha value is -2.15. The molecule has 0 fully saturated rings. The molecule has 5 N–H and O–H groups in total. The number of carbonyl (C=O) groups is 1. The molecule has 3 rings (SSSR count). The zero-order valence-corrected chi connectivity index (χ0v) is 19.2. The maximum atomic E-state index is 12.3. The number of benzene rings is 2. The van der Waals surface area contributed by atoms with Crippen molar-refractivity contribution in [2.45, 2.75) is 12.6 Å². The lowest BCUT2D eigenvalue weighted by molar-refractivity contribution is -0.107. The molecular formula is C21H25ClN3O3PS. The molecule has 2 aromatic carbocycles. The average Bonchev–Trinajstić information content (AvgIpc) is 3.11. The molecule has 30 heavy (non-hydrogen) atoms. The summed E-state index contributed by atoms with van der Waals surface area (Å²) in [5, 5.41) is 6.04. The Morgan fingerprint density at radius 1 is 1.27 bits per heavy atom. The van der Waals surface area contributed by atoms with Crippen LogP contribution in [0, 0.1) is 0 Å². The van der Waals surface area contributed by atoms with Crippen LogP contribution in [0.4, 0.5) is 5.69 Å². The molecule has 6 nitrogen and oxygen atoms in total. The Bertz CT molecular complexity index is 1050. The van der Waals surface area contributed by atoms with Crippen molar-refractivity contribution in [2.24, 2.45) is 5.50 Å². The first-order valence-electron chi connectivity index (χ1n) is 9.16. The van der Waals surface area contributed by atoms with Gasteiger partial charge in [-0.25, -0.2) is 0 Å². The number of hydrogen-bond acceptors (Lipinski definition) is 6. The zero-order valence-electron chi connectivity index (χ0n) is 16.7. The summed E-state index contributed by atoms with van der Waals surface area (Å²) in [6, 6.07) is 13.1. The van der Waals surface area contributed by atoms with Gasteiger partial charge in [-0.1, -0.05) is 23.7 Å². The van der Waals surface area contributed by atoms with Gasteiger partial charge in [0, 0.05) is 22.5 Å². The second-order valence-electron chi connectivity index (χ2n) is 6.26. The number of thiophene rings is 1. The number of aldehydes is 1. The quantitative estimate of drug-likeness (QED) is 0.243. The van der Waals surface area contributed by atoms with Crippen LogP contribution in [0.15, 0.2) is 54.0 Å². The predicted octanol–water partition coefficient (Wildman–Crippen LogP) is 5.44. The number of rotatable bonds is 7. The summed E-state index contributed by atoms with van der Waals surface area (Å²) in [5.41, 5.74) is 12.8. The molecule has 1 heterocycles. The van der Waals surface area contributed by atoms with Crippen molar-refractivity contribution in [3.8, 4) is 0 Å². The van der Waals surface area contributed by atoms with Gasteiger partial charge in [0.05, 0.1) is 6.61 Å². The lowest BCUT2D eigenvalue weighted by Crippen LogP contribution is -2.11. The number of nitrogens with two attached hydrogens (primary N) is 2. The van der Waals surface area contributed by atoms with E-state index in [1.165, 1.54) is 11.3 Å². The highest BCUT2D eigenvalue weighted by Gasteiger charge is 2.33. The minimum absolute atomic E-state index is 0.195. The molecule has 2 unspecified atom stereocenters. The molecule has 160 valence electrons. The fourth-order valence-electron chi connectivity index (χ4n) is 2.67. The normalized spacial score (nSPS) is 14.0. The molecule has 0 amide bonds. The third-order valence-electron chi connectivity index (χ3n) is 4.11. The van der Waals surface area contributed by atoms with E-state index in [0.717, 1.165) is 21.3 Å². The molecule has 0 aliphatic rings. The molecule has 0 saturated heterocycles. The summed E-state index contributed by atoms with van der Waals surface area (Å²) in [7, 11) is -1.65. The Morgan fingerprint density at radius 3 is 2.57 bits per heavy atom. The van der Waals surface area contributed by atoms with E-state index in [1.54, 1.807) is 24.4 Å². The fraction of sp³-hybridized carbons (Fsp3) is 0.190. The molecule has 0 aliphatic carbocycles. The van der Waals surface area contributed by atoms with Gasteiger partial charge >= 0.3 is 0 Å². The van der Waals surface area contributed by atoms with Crippen LogP contribution in [0.5, 0.6) is 0 Å². The molecule has 0 aliphatic heterocycles. The number of anilines is 1. The van der Waals surface area contributed by atoms with E-state index in [4.69, 9.17) is 27.4 Å². The Labute approximate surface area is 185 Å². The minimum atomic E-state index is -3.52. The third-order valence-corrected chi connectivity index (χ3v) is 7.16. The summed E-state index contributed by atoms with van der Waals surface area (Å²) in [6.45, 7) is 1.88. The van der Waals surface area contributed by atoms with Crippen LogP contribution < -0.4 is 16.6 Å². The second-order valence-corrected chi connectivity index (χ2v) is 9.72. The van der Waals surface area contributed by atoms with E-state index < -0.39 is 13.2 Å². The summed E-state index contributed by atoms with van der Waals surface area (Å²) in [5.74, 6) is 0. The van der Waals surface area contributed by atoms with Gasteiger partial charge in [0.15, 0.2) is 0 Å². The number of halogens is 1. The summed E-state index contributed by atoms with van der Waals surface area (Å²) >= 11 is 7.41. The van der Waals surface area contributed by atoms with Crippen molar-refractivity contribution in [3.63, 3.8) is 0 Å². The highest BCUT2D eigenvalue weighted by Crippen LogP contribution is 2.54. The van der Waals surface area contributed by atoms with Crippen LogP contribution in [0.1, 0.15) is 23.7 Å². The number of nitrogens with one attached hydrogen (secondary N) is 1. The third kappa shape index (κ3) is 6.42. The van der Waals surface area contributed by atoms with E-state index in [9.17, 15) is 9.36 Å². The molecule has 2 atom stereocenters. The topological polar surface area (TPSA) is 107 Å². The van der Waals surface area contributed by atoms with Crippen LogP contribution in [0.2, 0.25) is 5.02 Å². The lowest BCUT2D eigenvalue weighted by atomic mass is 10.1. The summed E-state index contributed by atoms with van der Waals surface area (Å²) < 4.78 is 18.3. The second kappa shape index (κ2) is 11.3. The van der Waals surface area contributed by atoms with Gasteiger partial charge in [-0.2, -0.15) is 0 Å². The maximum Gasteiger partial charge on any atom is 0.281 e. The van der Waals surface area contributed by atoms with Crippen molar-refractivity contribution >= 4 is 58.6 Å². The first-order chi connectivity index (χ1) is 14.3. The molecule has 3 aromatic rings. The van der Waals surface area contributed by atoms with Crippen molar-refractivity contribution in [1.29, 1.82) is 0 Å². The zero-order chi connectivity index (χ0) is 22.1. The largest absolute Gasteiger partial charge is 0.399 e. The van der Waals surface area contributed by atoms with Gasteiger partial charge in [-0.3, -0.25) is 10.1 Å². The standard InChI is InChI=1S/C12H13ClNO3PS.C9H12N2/c1-2-17-18(14,16)11(6-15)10-7-19-12-4-3-8(13)5-9(10)12;1-11-7-6-8-2-4-9(10)5-3-8/h3-7,11H,2H2,1H3,(H2,14,16);2-7,11H,10H2,1H3/b;7-6+. The number of carbonyl (C=O) groups excluding carboxylic acids is 1. The van der Waals surface area contributed by atoms with Gasteiger partial charge in [0.25, 0.3) is 7.52 Å². The van der Waals surface area contributed by atoms with Crippen LogP contribution in [0.3, 0.4) is 0 Å². The summed E-state index contributed by atoms with van der Waals surface area (Å²) in [4.78, 5) is 11.3. The van der Waals surface area contributed by atoms with Crippen molar-refractivity contribution in [1.82, 2.24) is 5.32 Å². The molecule has 0 bridgehead atoms. The fourth-order valence-corrected chi connectivity index (χ4v) is 5.26. The Balaban J connectivity index is 0.000000248. The van der Waals surface area contributed by atoms with Crippen LogP contribution in [-0.4, -0.2) is 19.9 Å². The van der Waals surface area contributed by atoms with Gasteiger partial charge in [-0.05, 0) is 71.4 Å². The smallest absolute Gasteiger partial charge is 0.281 e. The van der Waals surface area contributed by atoms with Crippen LogP contribution in [0.25, 0.3) is 16.2 Å². The monoisotopic (exact) mass is 465 g/mol. The SMILES string of the molecule is CCOP(N)(=O)C(C=O)c1csc2ccc(Cl)cc12.CN/C=C/c1ccc(N)cc1. The maximum absolute atomic E-state index is 12.3. The van der Waals surface area contributed by atoms with Crippen molar-refractivity contribution in [2.75, 3.05) is 19.4 Å². The van der Waals surface area contributed by atoms with Crippen LogP contribution in [-0.2, 0) is 13.9 Å². The number of fused-ring (bicyclic) bond motifs is 1. The minimum Gasteiger partial charge on any atom is -0.399 e. The van der Waals surface area contributed by atoms with Gasteiger partial charge in [0.1, 0.15) is 11.9 Å². The molecule has 1 aromatic heterocycles. The summed E-state index contributed by atoms with van der Waals surface area (Å²) in [6.07, 6.45) is 4.45. The molecule has 0 spiro atoms. The average molecular weight is 466 g/mol. The molecule has 0 radical (unpaired) electrons. The van der Waals surface area contributed by atoms with E-state index >= 15 is 0 Å². The Kier molecular flexibility index (Phi) is 9.08. The first-order valence-corrected chi connectivity index (χ1v) is 12.2. The van der Waals surface area contributed by atoms with Crippen molar-refractivity contribution in [3.05, 3.63) is 70.2 Å². The predicted molar refractivity (Wildman–Crippen MR) is 128 cm³/mol. The van der Waals surface area contributed by atoms with E-state index in [-0.39, 0.29) is 6.61 Å². The Morgan fingerprint density at radius 2 is 1.97 bits per heavy atom. The van der Waals surface area contributed by atoms with Gasteiger partial charge in [-0.15, -0.1) is 11.3 Å². The number of nitrogen functional groups attached to an aromatic ring is 1.